The van der Waals surface area contributed by atoms with Crippen LogP contribution in [0.5, 0.6) is 0 Å². The van der Waals surface area contributed by atoms with Crippen LogP contribution in [0.1, 0.15) is 38.7 Å². The number of aromatic amines is 1. The zero-order valence-corrected chi connectivity index (χ0v) is 14.1. The molecule has 2 heterocycles. The first-order valence-electron chi connectivity index (χ1n) is 8.69. The number of hydrogen-bond donors (Lipinski definition) is 2. The highest BCUT2D eigenvalue weighted by Gasteiger charge is 2.22. The van der Waals surface area contributed by atoms with Crippen LogP contribution in [-0.4, -0.2) is 34.9 Å². The molecule has 0 radical (unpaired) electrons. The fourth-order valence-corrected chi connectivity index (χ4v) is 3.37. The third kappa shape index (κ3) is 3.94. The van der Waals surface area contributed by atoms with E-state index in [1.54, 1.807) is 0 Å². The molecule has 1 aliphatic rings. The molecule has 1 amide bonds. The Morgan fingerprint density at radius 2 is 2.09 bits per heavy atom. The number of hydrogen-bond acceptors (Lipinski definition) is 2. The van der Waals surface area contributed by atoms with Gasteiger partial charge in [0, 0.05) is 49.2 Å². The van der Waals surface area contributed by atoms with Gasteiger partial charge in [-0.15, -0.1) is 0 Å². The summed E-state index contributed by atoms with van der Waals surface area (Å²) in [6, 6.07) is 9.04. The number of carbonyl (C=O) groups excluding carboxylic acids is 1. The van der Waals surface area contributed by atoms with E-state index in [0.717, 1.165) is 32.5 Å². The second-order valence-electron chi connectivity index (χ2n) is 6.99. The molecule has 1 saturated heterocycles. The molecule has 2 aromatic rings. The van der Waals surface area contributed by atoms with Crippen molar-refractivity contribution in [3.05, 3.63) is 36.0 Å². The van der Waals surface area contributed by atoms with Gasteiger partial charge in [0.05, 0.1) is 0 Å². The van der Waals surface area contributed by atoms with Crippen molar-refractivity contribution < 1.29 is 4.79 Å². The lowest BCUT2D eigenvalue weighted by molar-refractivity contribution is -0.133. The Bertz CT molecular complexity index is 653. The van der Waals surface area contributed by atoms with E-state index in [2.05, 4.69) is 48.4 Å². The lowest BCUT2D eigenvalue weighted by atomic mass is 10.0. The molecule has 0 aliphatic carbocycles. The quantitative estimate of drug-likeness (QED) is 0.890. The molecule has 1 aliphatic heterocycles. The topological polar surface area (TPSA) is 48.1 Å². The molecule has 1 fully saturated rings. The number of amides is 1. The number of H-pyrrole nitrogens is 1. The van der Waals surface area contributed by atoms with Gasteiger partial charge < -0.3 is 15.2 Å². The Kier molecular flexibility index (Phi) is 5.01. The van der Waals surface area contributed by atoms with Crippen molar-refractivity contribution in [2.45, 2.75) is 45.7 Å². The summed E-state index contributed by atoms with van der Waals surface area (Å²) in [7, 11) is 0. The molecule has 23 heavy (non-hydrogen) atoms. The maximum absolute atomic E-state index is 12.1. The number of aromatic nitrogens is 1. The fraction of sp³-hybridized carbons (Fsp3) is 0.526. The third-order valence-corrected chi connectivity index (χ3v) is 4.70. The lowest BCUT2D eigenvalue weighted by Gasteiger charge is -2.33. The van der Waals surface area contributed by atoms with E-state index in [0.29, 0.717) is 24.3 Å². The van der Waals surface area contributed by atoms with E-state index in [9.17, 15) is 4.79 Å². The summed E-state index contributed by atoms with van der Waals surface area (Å²) in [5, 5.41) is 4.96. The molecule has 124 valence electrons. The van der Waals surface area contributed by atoms with Gasteiger partial charge in [0.25, 0.3) is 0 Å². The number of carbonyl (C=O) groups is 1. The van der Waals surface area contributed by atoms with Crippen molar-refractivity contribution in [3.63, 3.8) is 0 Å². The summed E-state index contributed by atoms with van der Waals surface area (Å²) in [6.07, 6.45) is 4.76. The van der Waals surface area contributed by atoms with E-state index >= 15 is 0 Å². The van der Waals surface area contributed by atoms with Crippen LogP contribution in [0.4, 0.5) is 0 Å². The highest BCUT2D eigenvalue weighted by atomic mass is 16.2. The molecule has 0 unspecified atom stereocenters. The molecule has 4 nitrogen and oxygen atoms in total. The van der Waals surface area contributed by atoms with Gasteiger partial charge in [0.1, 0.15) is 0 Å². The van der Waals surface area contributed by atoms with E-state index in [4.69, 9.17) is 0 Å². The van der Waals surface area contributed by atoms with Crippen LogP contribution in [0, 0.1) is 5.92 Å². The van der Waals surface area contributed by atoms with Gasteiger partial charge >= 0.3 is 0 Å². The summed E-state index contributed by atoms with van der Waals surface area (Å²) in [4.78, 5) is 17.4. The monoisotopic (exact) mass is 313 g/mol. The van der Waals surface area contributed by atoms with Crippen molar-refractivity contribution in [2.24, 2.45) is 5.92 Å². The van der Waals surface area contributed by atoms with Gasteiger partial charge in [-0.1, -0.05) is 26.0 Å². The van der Waals surface area contributed by atoms with Crippen molar-refractivity contribution in [3.8, 4) is 0 Å². The number of piperidine rings is 1. The Morgan fingerprint density at radius 1 is 1.30 bits per heavy atom. The molecule has 1 aromatic heterocycles. The zero-order valence-electron chi connectivity index (χ0n) is 14.1. The van der Waals surface area contributed by atoms with Crippen LogP contribution in [0.25, 0.3) is 10.9 Å². The van der Waals surface area contributed by atoms with Crippen LogP contribution in [0.3, 0.4) is 0 Å². The first kappa shape index (κ1) is 16.1. The van der Waals surface area contributed by atoms with Crippen LogP contribution >= 0.6 is 0 Å². The van der Waals surface area contributed by atoms with Gasteiger partial charge in [0.15, 0.2) is 0 Å². The average Bonchev–Trinajstić information content (AvgIpc) is 3.02. The Morgan fingerprint density at radius 3 is 2.83 bits per heavy atom. The Labute approximate surface area is 138 Å². The van der Waals surface area contributed by atoms with E-state index in [1.807, 2.05) is 11.1 Å². The number of rotatable bonds is 5. The maximum atomic E-state index is 12.1. The minimum absolute atomic E-state index is 0.315. The van der Waals surface area contributed by atoms with Crippen molar-refractivity contribution in [2.75, 3.05) is 13.1 Å². The number of nitrogens with one attached hydrogen (secondary N) is 2. The van der Waals surface area contributed by atoms with E-state index < -0.39 is 0 Å². The largest absolute Gasteiger partial charge is 0.361 e. The number of nitrogens with zero attached hydrogens (tertiary/aromatic N) is 1. The molecule has 0 bridgehead atoms. The van der Waals surface area contributed by atoms with Gasteiger partial charge in [0.2, 0.25) is 5.91 Å². The number of benzene rings is 1. The summed E-state index contributed by atoms with van der Waals surface area (Å²) in [5.41, 5.74) is 2.53. The molecule has 4 heteroatoms. The predicted octanol–water partition coefficient (Wildman–Crippen LogP) is 3.29. The van der Waals surface area contributed by atoms with Gasteiger partial charge in [-0.2, -0.15) is 0 Å². The molecule has 0 saturated carbocycles. The molecule has 3 rings (SSSR count). The first-order chi connectivity index (χ1) is 11.1. The maximum Gasteiger partial charge on any atom is 0.222 e. The zero-order chi connectivity index (χ0) is 16.2. The highest BCUT2D eigenvalue weighted by Crippen LogP contribution is 2.19. The standard InChI is InChI=1S/C19H27N3O/c1-14(2)12-19(23)22-10-7-16(8-11-22)21-13-15-4-3-5-18-17(15)6-9-20-18/h3-6,9,14,16,20-21H,7-8,10-13H2,1-2H3. The molecule has 2 N–H and O–H groups in total. The van der Waals surface area contributed by atoms with E-state index in [1.165, 1.54) is 16.5 Å². The third-order valence-electron chi connectivity index (χ3n) is 4.70. The molecule has 0 spiro atoms. The SMILES string of the molecule is CC(C)CC(=O)N1CCC(NCc2cccc3[nH]ccc23)CC1. The van der Waals surface area contributed by atoms with E-state index in [-0.39, 0.29) is 0 Å². The summed E-state index contributed by atoms with van der Waals surface area (Å²) in [5.74, 6) is 0.760. The second kappa shape index (κ2) is 7.18. The van der Waals surface area contributed by atoms with Crippen molar-refractivity contribution in [1.82, 2.24) is 15.2 Å². The van der Waals surface area contributed by atoms with Gasteiger partial charge in [-0.3, -0.25) is 4.79 Å². The molecular formula is C19H27N3O. The highest BCUT2D eigenvalue weighted by molar-refractivity contribution is 5.82. The van der Waals surface area contributed by atoms with Crippen LogP contribution in [0.15, 0.2) is 30.5 Å². The van der Waals surface area contributed by atoms with Crippen LogP contribution in [-0.2, 0) is 11.3 Å². The number of likely N-dealkylation sites (tertiary alicyclic amines) is 1. The predicted molar refractivity (Wildman–Crippen MR) is 94.2 cm³/mol. The molecule has 1 aromatic carbocycles. The average molecular weight is 313 g/mol. The van der Waals surface area contributed by atoms with Crippen LogP contribution in [0.2, 0.25) is 0 Å². The van der Waals surface area contributed by atoms with Crippen molar-refractivity contribution in [1.29, 1.82) is 0 Å². The first-order valence-corrected chi connectivity index (χ1v) is 8.69. The Balaban J connectivity index is 1.50. The minimum Gasteiger partial charge on any atom is -0.361 e. The van der Waals surface area contributed by atoms with Gasteiger partial charge in [-0.05, 0) is 36.5 Å². The molecular weight excluding hydrogens is 286 g/mol. The summed E-state index contributed by atoms with van der Waals surface area (Å²) < 4.78 is 0. The molecule has 0 atom stereocenters. The number of fused-ring (bicyclic) bond motifs is 1. The van der Waals surface area contributed by atoms with Gasteiger partial charge in [-0.25, -0.2) is 0 Å². The normalized spacial score (nSPS) is 16.4. The smallest absolute Gasteiger partial charge is 0.222 e. The van der Waals surface area contributed by atoms with Crippen molar-refractivity contribution >= 4 is 16.8 Å². The second-order valence-corrected chi connectivity index (χ2v) is 6.99. The summed E-state index contributed by atoms with van der Waals surface area (Å²) >= 11 is 0. The summed E-state index contributed by atoms with van der Waals surface area (Å²) in [6.45, 7) is 6.87. The lowest BCUT2D eigenvalue weighted by Crippen LogP contribution is -2.45. The Hall–Kier alpha value is -1.81. The van der Waals surface area contributed by atoms with Crippen LogP contribution < -0.4 is 5.32 Å². The minimum atomic E-state index is 0.315. The fourth-order valence-electron chi connectivity index (χ4n) is 3.37.